The minimum absolute atomic E-state index is 0.0964. The number of halogens is 1. The van der Waals surface area contributed by atoms with Crippen LogP contribution < -0.4 is 14.8 Å². The molecule has 0 fully saturated rings. The van der Waals surface area contributed by atoms with Crippen LogP contribution >= 0.6 is 15.9 Å². The van der Waals surface area contributed by atoms with E-state index in [1.54, 1.807) is 18.2 Å². The number of aryl methyl sites for hydroxylation is 2. The molecule has 4 aromatic carbocycles. The third kappa shape index (κ3) is 6.33. The van der Waals surface area contributed by atoms with Crippen LogP contribution in [0.5, 0.6) is 5.75 Å². The Morgan fingerprint density at radius 3 is 2.25 bits per heavy atom. The summed E-state index contributed by atoms with van der Waals surface area (Å²) in [5.74, 6) is 0.182. The molecule has 0 atom stereocenters. The van der Waals surface area contributed by atoms with Crippen molar-refractivity contribution in [1.29, 1.82) is 0 Å². The fourth-order valence-electron chi connectivity index (χ4n) is 3.62. The molecule has 0 bridgehead atoms. The van der Waals surface area contributed by atoms with Crippen molar-refractivity contribution in [2.75, 3.05) is 16.6 Å². The number of carbonyl (C=O) groups is 1. The van der Waals surface area contributed by atoms with Gasteiger partial charge in [-0.2, -0.15) is 0 Å². The molecule has 0 aliphatic rings. The summed E-state index contributed by atoms with van der Waals surface area (Å²) in [5.41, 5.74) is 4.99. The number of ether oxygens (including phenoxy) is 1. The quantitative estimate of drug-likeness (QED) is 0.254. The van der Waals surface area contributed by atoms with Crippen LogP contribution in [0.4, 0.5) is 11.4 Å². The summed E-state index contributed by atoms with van der Waals surface area (Å²) in [6.07, 6.45) is 0. The smallest absolute Gasteiger partial charge is 0.262 e. The van der Waals surface area contributed by atoms with E-state index in [1.807, 2.05) is 74.5 Å². The average Bonchev–Trinajstić information content (AvgIpc) is 2.86. The van der Waals surface area contributed by atoms with Crippen LogP contribution in [0.25, 0.3) is 11.1 Å². The SMILES string of the molecule is Cc1ccc(NS(=O)(=O)c2ccc(NC(=O)COc3ccc(-c4ccccc4)cc3Br)cc2)c(C)c1. The van der Waals surface area contributed by atoms with Gasteiger partial charge in [-0.05, 0) is 88.9 Å². The highest BCUT2D eigenvalue weighted by Crippen LogP contribution is 2.30. The molecule has 0 spiro atoms. The molecule has 0 aliphatic heterocycles. The van der Waals surface area contributed by atoms with Gasteiger partial charge >= 0.3 is 0 Å². The molecule has 8 heteroatoms. The van der Waals surface area contributed by atoms with Gasteiger partial charge in [0.25, 0.3) is 15.9 Å². The van der Waals surface area contributed by atoms with Crippen molar-refractivity contribution in [3.8, 4) is 16.9 Å². The fourth-order valence-corrected chi connectivity index (χ4v) is 5.24. The molecular weight excluding hydrogens is 540 g/mol. The molecule has 0 saturated heterocycles. The Morgan fingerprint density at radius 2 is 1.58 bits per heavy atom. The minimum Gasteiger partial charge on any atom is -0.483 e. The summed E-state index contributed by atoms with van der Waals surface area (Å²) in [7, 11) is -3.76. The fraction of sp³-hybridized carbons (Fsp3) is 0.107. The zero-order valence-corrected chi connectivity index (χ0v) is 22.2. The second-order valence-corrected chi connectivity index (χ2v) is 10.8. The van der Waals surface area contributed by atoms with Gasteiger partial charge in [-0.15, -0.1) is 0 Å². The zero-order chi connectivity index (χ0) is 25.7. The predicted molar refractivity (Wildman–Crippen MR) is 147 cm³/mol. The standard InChI is InChI=1S/C28H25BrN2O4S/c1-19-8-14-26(20(2)16-19)31-36(33,34)24-12-10-23(11-13-24)30-28(32)18-35-27-15-9-22(17-25(27)29)21-6-4-3-5-7-21/h3-17,31H,18H2,1-2H3,(H,30,32). The Morgan fingerprint density at radius 1 is 0.861 bits per heavy atom. The number of nitrogens with one attached hydrogen (secondary N) is 2. The second kappa shape index (κ2) is 11.0. The van der Waals surface area contributed by atoms with E-state index in [9.17, 15) is 13.2 Å². The number of hydrogen-bond donors (Lipinski definition) is 2. The van der Waals surface area contributed by atoms with E-state index < -0.39 is 10.0 Å². The first kappa shape index (κ1) is 25.5. The first-order valence-corrected chi connectivity index (χ1v) is 13.5. The summed E-state index contributed by atoms with van der Waals surface area (Å²) >= 11 is 3.50. The van der Waals surface area contributed by atoms with Crippen molar-refractivity contribution in [1.82, 2.24) is 0 Å². The van der Waals surface area contributed by atoms with Crippen molar-refractivity contribution in [2.24, 2.45) is 0 Å². The first-order chi connectivity index (χ1) is 17.2. The molecule has 184 valence electrons. The number of rotatable bonds is 8. The van der Waals surface area contributed by atoms with Crippen LogP contribution in [-0.2, 0) is 14.8 Å². The first-order valence-electron chi connectivity index (χ1n) is 11.2. The van der Waals surface area contributed by atoms with Crippen LogP contribution in [0, 0.1) is 13.8 Å². The van der Waals surface area contributed by atoms with Crippen molar-refractivity contribution in [2.45, 2.75) is 18.7 Å². The molecule has 4 aromatic rings. The third-order valence-corrected chi connectivity index (χ3v) is 7.47. The Kier molecular flexibility index (Phi) is 7.76. The number of carbonyl (C=O) groups excluding carboxylic acids is 1. The third-order valence-electron chi connectivity index (χ3n) is 5.47. The zero-order valence-electron chi connectivity index (χ0n) is 19.8. The van der Waals surface area contributed by atoms with Gasteiger partial charge in [-0.25, -0.2) is 8.42 Å². The molecule has 0 aliphatic carbocycles. The summed E-state index contributed by atoms with van der Waals surface area (Å²) in [6, 6.07) is 27.1. The maximum atomic E-state index is 12.8. The highest BCUT2D eigenvalue weighted by atomic mass is 79.9. The van der Waals surface area contributed by atoms with Gasteiger partial charge in [0, 0.05) is 5.69 Å². The molecule has 0 aromatic heterocycles. The lowest BCUT2D eigenvalue weighted by atomic mass is 10.1. The van der Waals surface area contributed by atoms with Crippen molar-refractivity contribution < 1.29 is 17.9 Å². The summed E-state index contributed by atoms with van der Waals surface area (Å²) in [6.45, 7) is 3.60. The molecule has 0 saturated carbocycles. The molecule has 1 amide bonds. The Balaban J connectivity index is 1.35. The topological polar surface area (TPSA) is 84.5 Å². The molecule has 36 heavy (non-hydrogen) atoms. The van der Waals surface area contributed by atoms with Crippen LogP contribution in [0.15, 0.2) is 100 Å². The highest BCUT2D eigenvalue weighted by Gasteiger charge is 2.16. The Labute approximate surface area is 219 Å². The molecule has 4 rings (SSSR count). The largest absolute Gasteiger partial charge is 0.483 e. The molecule has 2 N–H and O–H groups in total. The van der Waals surface area contributed by atoms with E-state index in [-0.39, 0.29) is 17.4 Å². The van der Waals surface area contributed by atoms with Gasteiger partial charge < -0.3 is 10.1 Å². The van der Waals surface area contributed by atoms with Crippen LogP contribution in [0.2, 0.25) is 0 Å². The average molecular weight is 565 g/mol. The number of amides is 1. The molecular formula is C28H25BrN2O4S. The maximum absolute atomic E-state index is 12.8. The number of benzene rings is 4. The lowest BCUT2D eigenvalue weighted by Gasteiger charge is -2.12. The lowest BCUT2D eigenvalue weighted by Crippen LogP contribution is -2.20. The highest BCUT2D eigenvalue weighted by molar-refractivity contribution is 9.10. The molecule has 0 heterocycles. The van der Waals surface area contributed by atoms with E-state index in [0.29, 0.717) is 17.1 Å². The van der Waals surface area contributed by atoms with E-state index in [0.717, 1.165) is 26.7 Å². The normalized spacial score (nSPS) is 11.1. The number of hydrogen-bond acceptors (Lipinski definition) is 4. The van der Waals surface area contributed by atoms with Crippen molar-refractivity contribution in [3.63, 3.8) is 0 Å². The van der Waals surface area contributed by atoms with Crippen molar-refractivity contribution in [3.05, 3.63) is 107 Å². The van der Waals surface area contributed by atoms with E-state index in [4.69, 9.17) is 4.74 Å². The van der Waals surface area contributed by atoms with Gasteiger partial charge in [0.15, 0.2) is 6.61 Å². The summed E-state index contributed by atoms with van der Waals surface area (Å²) in [5, 5.41) is 2.72. The number of sulfonamides is 1. The molecule has 0 radical (unpaired) electrons. The van der Waals surface area contributed by atoms with Gasteiger partial charge in [0.1, 0.15) is 5.75 Å². The van der Waals surface area contributed by atoms with E-state index in [1.165, 1.54) is 12.1 Å². The lowest BCUT2D eigenvalue weighted by molar-refractivity contribution is -0.118. The molecule has 6 nitrogen and oxygen atoms in total. The van der Waals surface area contributed by atoms with Gasteiger partial charge in [0.2, 0.25) is 0 Å². The maximum Gasteiger partial charge on any atom is 0.262 e. The number of anilines is 2. The van der Waals surface area contributed by atoms with Gasteiger partial charge in [0.05, 0.1) is 15.1 Å². The summed E-state index contributed by atoms with van der Waals surface area (Å²) < 4.78 is 34.5. The Bertz CT molecular complexity index is 1490. The second-order valence-electron chi connectivity index (χ2n) is 8.30. The van der Waals surface area contributed by atoms with Crippen LogP contribution in [-0.4, -0.2) is 20.9 Å². The van der Waals surface area contributed by atoms with Crippen molar-refractivity contribution >= 4 is 43.2 Å². The van der Waals surface area contributed by atoms with Crippen LogP contribution in [0.1, 0.15) is 11.1 Å². The van der Waals surface area contributed by atoms with E-state index >= 15 is 0 Å². The van der Waals surface area contributed by atoms with Gasteiger partial charge in [-0.1, -0.05) is 54.1 Å². The van der Waals surface area contributed by atoms with Crippen LogP contribution in [0.3, 0.4) is 0 Å². The molecule has 0 unspecified atom stereocenters. The monoisotopic (exact) mass is 564 g/mol. The predicted octanol–water partition coefficient (Wildman–Crippen LogP) is 6.55. The van der Waals surface area contributed by atoms with Gasteiger partial charge in [-0.3, -0.25) is 9.52 Å². The Hall–Kier alpha value is -3.62. The minimum atomic E-state index is -3.76. The van der Waals surface area contributed by atoms with E-state index in [2.05, 4.69) is 26.0 Å². The summed E-state index contributed by atoms with van der Waals surface area (Å²) in [4.78, 5) is 12.5.